The molecule has 4 atom stereocenters. The van der Waals surface area contributed by atoms with Gasteiger partial charge in [0.1, 0.15) is 30.7 Å². The number of hydrogen-bond donors (Lipinski definition) is 5. The van der Waals surface area contributed by atoms with E-state index in [0.717, 1.165) is 53.8 Å². The first-order chi connectivity index (χ1) is 49.5. The van der Waals surface area contributed by atoms with E-state index in [0.29, 0.717) is 111 Å². The smallest absolute Gasteiger partial charge is 0.325 e. The summed E-state index contributed by atoms with van der Waals surface area (Å²) in [4.78, 5) is 124. The van der Waals surface area contributed by atoms with Crippen molar-refractivity contribution < 1.29 is 47.9 Å². The molecule has 102 heavy (non-hydrogen) atoms. The number of thioether (sulfide) groups is 1. The van der Waals surface area contributed by atoms with Gasteiger partial charge in [-0.1, -0.05) is 183 Å². The largest absolute Gasteiger partial charge is 0.468 e. The minimum absolute atomic E-state index is 0.0236. The van der Waals surface area contributed by atoms with Crippen LogP contribution in [0.25, 0.3) is 0 Å². The Balaban J connectivity index is 0.000000191. The lowest BCUT2D eigenvalue weighted by atomic mass is 10.0. The van der Waals surface area contributed by atoms with Crippen LogP contribution < -0.4 is 31.5 Å². The van der Waals surface area contributed by atoms with Crippen molar-refractivity contribution in [3.8, 4) is 0 Å². The normalized spacial score (nSPS) is 15.2. The lowest BCUT2D eigenvalue weighted by Gasteiger charge is -2.28. The summed E-state index contributed by atoms with van der Waals surface area (Å²) in [6.07, 6.45) is 8.63. The van der Waals surface area contributed by atoms with Crippen LogP contribution in [0.5, 0.6) is 0 Å². The van der Waals surface area contributed by atoms with Crippen LogP contribution in [-0.4, -0.2) is 204 Å². The van der Waals surface area contributed by atoms with Crippen molar-refractivity contribution in [2.45, 2.75) is 129 Å². The van der Waals surface area contributed by atoms with Gasteiger partial charge in [0, 0.05) is 90.3 Å². The van der Waals surface area contributed by atoms with E-state index in [-0.39, 0.29) is 60.3 Å². The number of nitrogens with zero attached hydrogens (tertiary/aromatic N) is 7. The van der Waals surface area contributed by atoms with Gasteiger partial charge in [-0.05, 0) is 124 Å². The molecule has 4 fully saturated rings. The minimum atomic E-state index is -0.609. The number of methoxy groups -OCH3 is 1. The molecule has 22 nitrogen and oxygen atoms in total. The summed E-state index contributed by atoms with van der Waals surface area (Å²) in [5.41, 5.74) is 6.50. The van der Waals surface area contributed by atoms with Crippen molar-refractivity contribution in [2.75, 3.05) is 96.0 Å². The van der Waals surface area contributed by atoms with Gasteiger partial charge < -0.3 is 60.7 Å². The molecule has 6 aromatic rings. The third-order valence-electron chi connectivity index (χ3n) is 18.0. The average molecular weight is 1410 g/mol. The van der Waals surface area contributed by atoms with Crippen molar-refractivity contribution in [1.29, 1.82) is 0 Å². The molecule has 12 amide bonds. The van der Waals surface area contributed by atoms with Crippen LogP contribution in [0, 0.1) is 0 Å². The Morgan fingerprint density at radius 2 is 0.912 bits per heavy atom. The fourth-order valence-corrected chi connectivity index (χ4v) is 12.9. The Morgan fingerprint density at radius 3 is 1.38 bits per heavy atom. The standard InChI is InChI=1S/C23H29N3O2.C22H27N3O2S.C18H27N3O2.C16H21N3O4/c1-2-3-16-24-22(27)21(15-14-19-10-6-4-7-11-19)26-18-17-25(23(26)28)20-12-8-5-9-13-20;1-28-15-12-20(21(26)23-16-18-8-4-2-5-9-18)25-14-13-24(22(25)27)17-19-10-6-3-7-11-19;1-4-20-12-13-21(18(20)23)16(17(22)19-14(2)3)11-10-15-8-6-5-7-9-15;1-23-14(20)11-18-15(21)13(19-10-9-17-16(19)22)8-7-12-5-3-2-4-6-12/h4-13,21H,2-3,14-18H2,1H3,(H,24,27);2-11,20H,12-17H2,1H3,(H,23,26);5-9,14,16H,4,10-13H2,1-3H3,(H,19,22);2-6,13H,7-11H2,1H3,(H,17,22)(H,18,21). The van der Waals surface area contributed by atoms with Crippen LogP contribution in [0.2, 0.25) is 0 Å². The van der Waals surface area contributed by atoms with Gasteiger partial charge in [0.15, 0.2) is 0 Å². The fourth-order valence-electron chi connectivity index (χ4n) is 12.4. The van der Waals surface area contributed by atoms with E-state index in [1.165, 1.54) is 23.1 Å². The zero-order valence-electron chi connectivity index (χ0n) is 60.1. The number of nitrogens with one attached hydrogen (secondary N) is 5. The van der Waals surface area contributed by atoms with Crippen molar-refractivity contribution in [3.63, 3.8) is 0 Å². The Hall–Kier alpha value is -9.90. The summed E-state index contributed by atoms with van der Waals surface area (Å²) >= 11 is 1.69. The molecule has 0 aromatic heterocycles. The van der Waals surface area contributed by atoms with Crippen LogP contribution in [0.1, 0.15) is 94.0 Å². The number of ether oxygens (including phenoxy) is 1. The second-order valence-corrected chi connectivity index (χ2v) is 26.5. The number of urea groups is 4. The SMILES string of the molecule is CCCCNC(=O)C(CCc1ccccc1)N1CCN(c2ccccc2)C1=O.CCN1CCN(C(CCc2ccccc2)C(=O)NC(C)C)C1=O.COC(=O)CNC(=O)C(CCc1ccccc1)N1CCNC1=O.CSCCC(C(=O)NCc1ccccc1)N1CCN(Cc2ccccc2)C1=O. The first kappa shape index (κ1) is 79.4. The van der Waals surface area contributed by atoms with Gasteiger partial charge in [-0.15, -0.1) is 0 Å². The first-order valence-electron chi connectivity index (χ1n) is 35.7. The predicted molar refractivity (Wildman–Crippen MR) is 401 cm³/mol. The molecule has 23 heteroatoms. The number of benzene rings is 6. The van der Waals surface area contributed by atoms with Gasteiger partial charge >= 0.3 is 30.1 Å². The second kappa shape index (κ2) is 43.0. The molecule has 4 unspecified atom stereocenters. The number of anilines is 1. The second-order valence-electron chi connectivity index (χ2n) is 25.5. The molecule has 4 heterocycles. The van der Waals surface area contributed by atoms with E-state index in [2.05, 4.69) is 62.5 Å². The number of carbonyl (C=O) groups is 9. The summed E-state index contributed by atoms with van der Waals surface area (Å²) in [6.45, 7) is 14.9. The van der Waals surface area contributed by atoms with E-state index in [9.17, 15) is 43.2 Å². The molecule has 0 radical (unpaired) electrons. The van der Waals surface area contributed by atoms with Crippen molar-refractivity contribution in [3.05, 3.63) is 210 Å². The molecule has 0 saturated carbocycles. The first-order valence-corrected chi connectivity index (χ1v) is 37.1. The highest BCUT2D eigenvalue weighted by molar-refractivity contribution is 7.98. The maximum Gasteiger partial charge on any atom is 0.325 e. The molecule has 0 bridgehead atoms. The zero-order chi connectivity index (χ0) is 73.0. The number of para-hydroxylation sites is 1. The quantitative estimate of drug-likeness (QED) is 0.0196. The highest BCUT2D eigenvalue weighted by atomic mass is 32.2. The third-order valence-corrected chi connectivity index (χ3v) is 18.7. The number of carbonyl (C=O) groups excluding carboxylic acids is 9. The molecule has 0 spiro atoms. The molecule has 6 aromatic carbocycles. The Labute approximate surface area is 606 Å². The topological polar surface area (TPSA) is 246 Å². The summed E-state index contributed by atoms with van der Waals surface area (Å²) in [5.74, 6) is -0.205. The fraction of sp³-hybridized carbons (Fsp3) is 0.430. The van der Waals surface area contributed by atoms with Crippen molar-refractivity contribution >= 4 is 71.2 Å². The number of unbranched alkanes of at least 4 members (excludes halogenated alkanes) is 1. The van der Waals surface area contributed by atoms with E-state index in [1.54, 1.807) is 36.3 Å². The molecule has 5 N–H and O–H groups in total. The van der Waals surface area contributed by atoms with E-state index >= 15 is 0 Å². The van der Waals surface area contributed by atoms with Crippen LogP contribution in [0.4, 0.5) is 24.9 Å². The molecular formula is C79H104N12O10S. The van der Waals surface area contributed by atoms with E-state index in [1.807, 2.05) is 190 Å². The Morgan fingerprint density at radius 1 is 0.480 bits per heavy atom. The lowest BCUT2D eigenvalue weighted by Crippen LogP contribution is -2.50. The molecule has 4 aliphatic heterocycles. The van der Waals surface area contributed by atoms with Gasteiger partial charge in [0.25, 0.3) is 0 Å². The van der Waals surface area contributed by atoms with Crippen LogP contribution in [-0.2, 0) is 61.1 Å². The maximum absolute atomic E-state index is 13.1. The summed E-state index contributed by atoms with van der Waals surface area (Å²) in [6, 6.07) is 57.2. The number of rotatable bonds is 32. The van der Waals surface area contributed by atoms with Crippen LogP contribution in [0.15, 0.2) is 182 Å². The highest BCUT2D eigenvalue weighted by Crippen LogP contribution is 2.25. The maximum atomic E-state index is 13.1. The number of likely N-dealkylation sites (N-methyl/N-ethyl adjacent to an activating group) is 1. The van der Waals surface area contributed by atoms with Crippen LogP contribution in [0.3, 0.4) is 0 Å². The highest BCUT2D eigenvalue weighted by Gasteiger charge is 2.40. The molecule has 0 aliphatic carbocycles. The number of aryl methyl sites for hydroxylation is 3. The van der Waals surface area contributed by atoms with E-state index < -0.39 is 30.1 Å². The molecule has 546 valence electrons. The summed E-state index contributed by atoms with van der Waals surface area (Å²) in [7, 11) is 1.26. The Bertz CT molecular complexity index is 3550. The van der Waals surface area contributed by atoms with Gasteiger partial charge in [-0.25, -0.2) is 19.2 Å². The van der Waals surface area contributed by atoms with Gasteiger partial charge in [0.2, 0.25) is 23.6 Å². The van der Waals surface area contributed by atoms with E-state index in [4.69, 9.17) is 0 Å². The molecule has 10 rings (SSSR count). The minimum Gasteiger partial charge on any atom is -0.468 e. The number of amides is 12. The van der Waals surface area contributed by atoms with Crippen molar-refractivity contribution in [2.24, 2.45) is 0 Å². The van der Waals surface area contributed by atoms with Crippen LogP contribution >= 0.6 is 11.8 Å². The van der Waals surface area contributed by atoms with Gasteiger partial charge in [-0.2, -0.15) is 11.8 Å². The molecule has 4 aliphatic rings. The number of esters is 1. The lowest BCUT2D eigenvalue weighted by molar-refractivity contribution is -0.141. The Kier molecular flexibility index (Phi) is 33.5. The summed E-state index contributed by atoms with van der Waals surface area (Å²) in [5, 5.41) is 14.2. The average Bonchev–Trinajstić information content (AvgIpc) is 1.68. The number of hydrogen-bond acceptors (Lipinski definition) is 11. The summed E-state index contributed by atoms with van der Waals surface area (Å²) < 4.78 is 4.51. The molecular weight excluding hydrogens is 1310 g/mol. The van der Waals surface area contributed by atoms with Gasteiger partial charge in [0.05, 0.1) is 7.11 Å². The van der Waals surface area contributed by atoms with Gasteiger partial charge in [-0.3, -0.25) is 28.9 Å². The zero-order valence-corrected chi connectivity index (χ0v) is 60.9. The molecule has 4 saturated heterocycles. The third kappa shape index (κ3) is 25.0. The predicted octanol–water partition coefficient (Wildman–Crippen LogP) is 9.78. The van der Waals surface area contributed by atoms with Crippen molar-refractivity contribution in [1.82, 2.24) is 56.0 Å². The monoisotopic (exact) mass is 1410 g/mol.